The van der Waals surface area contributed by atoms with Gasteiger partial charge < -0.3 is 24.4 Å². The Morgan fingerprint density at radius 3 is 2.54 bits per heavy atom. The normalized spacial score (nSPS) is 15.7. The molecule has 0 aliphatic carbocycles. The highest BCUT2D eigenvalue weighted by Gasteiger charge is 2.31. The number of anilines is 2. The average molecular weight is 664 g/mol. The Morgan fingerprint density at radius 2 is 1.87 bits per heavy atom. The van der Waals surface area contributed by atoms with Crippen molar-refractivity contribution < 1.29 is 14.3 Å². The van der Waals surface area contributed by atoms with Gasteiger partial charge in [0, 0.05) is 36.9 Å². The van der Waals surface area contributed by atoms with Crippen LogP contribution in [0.15, 0.2) is 48.5 Å². The maximum atomic E-state index is 13.9. The smallest absolute Gasteiger partial charge is 0.407 e. The van der Waals surface area contributed by atoms with Crippen LogP contribution >= 0.6 is 34.2 Å². The van der Waals surface area contributed by atoms with Crippen molar-refractivity contribution >= 4 is 57.8 Å². The third kappa shape index (κ3) is 7.25. The van der Waals surface area contributed by atoms with Crippen LogP contribution in [0.25, 0.3) is 0 Å². The molecule has 1 N–H and O–H groups in total. The molecule has 10 heteroatoms. The van der Waals surface area contributed by atoms with Crippen LogP contribution in [0.3, 0.4) is 0 Å². The molecule has 2 heterocycles. The summed E-state index contributed by atoms with van der Waals surface area (Å²) in [5.41, 5.74) is 2.74. The fourth-order valence-electron chi connectivity index (χ4n) is 4.60. The van der Waals surface area contributed by atoms with Gasteiger partial charge in [0.2, 0.25) is 5.95 Å². The van der Waals surface area contributed by atoms with Gasteiger partial charge in [0.1, 0.15) is 15.0 Å². The van der Waals surface area contributed by atoms with Crippen LogP contribution < -0.4 is 15.1 Å². The molecule has 1 saturated heterocycles. The molecule has 0 unspecified atom stereocenters. The number of rotatable bonds is 6. The van der Waals surface area contributed by atoms with Crippen LogP contribution in [0.4, 0.5) is 16.4 Å². The van der Waals surface area contributed by atoms with E-state index in [1.807, 2.05) is 80.8 Å². The number of ether oxygens (including phenoxy) is 1. The van der Waals surface area contributed by atoms with Gasteiger partial charge in [-0.3, -0.25) is 4.79 Å². The Bertz CT molecular complexity index is 1340. The number of nitrogens with zero attached hydrogens (tertiary/aromatic N) is 4. The topological polar surface area (TPSA) is 79.7 Å². The molecule has 0 radical (unpaired) electrons. The molecule has 1 fully saturated rings. The molecule has 1 aliphatic heterocycles. The first kappa shape index (κ1) is 29.2. The van der Waals surface area contributed by atoms with E-state index in [0.29, 0.717) is 33.5 Å². The van der Waals surface area contributed by atoms with E-state index >= 15 is 0 Å². The van der Waals surface area contributed by atoms with Gasteiger partial charge in [0.25, 0.3) is 5.91 Å². The zero-order chi connectivity index (χ0) is 28.3. The highest BCUT2D eigenvalue weighted by atomic mass is 127. The number of carbonyl (C=O) groups excluding carboxylic acids is 2. The average Bonchev–Trinajstić information content (AvgIpc) is 3.19. The predicted molar refractivity (Wildman–Crippen MR) is 164 cm³/mol. The summed E-state index contributed by atoms with van der Waals surface area (Å²) in [6.45, 7) is 9.25. The van der Waals surface area contributed by atoms with E-state index in [0.717, 1.165) is 36.2 Å². The molecular weight excluding hydrogens is 629 g/mol. The second-order valence-corrected chi connectivity index (χ2v) is 12.3. The lowest BCUT2D eigenvalue weighted by Crippen LogP contribution is -2.49. The number of hydrogen-bond donors (Lipinski definition) is 1. The molecule has 0 saturated carbocycles. The number of imidazole rings is 1. The van der Waals surface area contributed by atoms with Gasteiger partial charge in [-0.25, -0.2) is 9.78 Å². The Labute approximate surface area is 248 Å². The van der Waals surface area contributed by atoms with E-state index < -0.39 is 11.7 Å². The number of halogens is 2. The summed E-state index contributed by atoms with van der Waals surface area (Å²) in [6, 6.07) is 15.4. The minimum Gasteiger partial charge on any atom is -0.444 e. The van der Waals surface area contributed by atoms with Gasteiger partial charge >= 0.3 is 6.09 Å². The molecule has 4 rings (SSSR count). The minimum atomic E-state index is -0.571. The van der Waals surface area contributed by atoms with Crippen molar-refractivity contribution in [2.45, 2.75) is 58.7 Å². The van der Waals surface area contributed by atoms with Crippen LogP contribution in [-0.2, 0) is 11.3 Å². The fourth-order valence-corrected chi connectivity index (χ4v) is 5.53. The lowest BCUT2D eigenvalue weighted by molar-refractivity contribution is 0.0499. The highest BCUT2D eigenvalue weighted by molar-refractivity contribution is 14.1. The zero-order valence-electron chi connectivity index (χ0n) is 23.0. The molecule has 2 amide bonds. The predicted octanol–water partition coefficient (Wildman–Crippen LogP) is 6.27. The number of alkyl carbamates (subject to hydrolysis) is 1. The van der Waals surface area contributed by atoms with Crippen LogP contribution in [0, 0.1) is 10.6 Å². The second-order valence-electron chi connectivity index (χ2n) is 10.9. The Kier molecular flexibility index (Phi) is 9.10. The van der Waals surface area contributed by atoms with Crippen LogP contribution in [0.2, 0.25) is 5.02 Å². The van der Waals surface area contributed by atoms with Gasteiger partial charge in [0.15, 0.2) is 0 Å². The Morgan fingerprint density at radius 1 is 1.18 bits per heavy atom. The van der Waals surface area contributed by atoms with E-state index in [1.165, 1.54) is 0 Å². The summed E-state index contributed by atoms with van der Waals surface area (Å²) in [5, 5.41) is 3.63. The summed E-state index contributed by atoms with van der Waals surface area (Å²) in [7, 11) is 1.78. The zero-order valence-corrected chi connectivity index (χ0v) is 25.9. The third-order valence-corrected chi connectivity index (χ3v) is 7.67. The first-order chi connectivity index (χ1) is 18.4. The van der Waals surface area contributed by atoms with Crippen LogP contribution in [0.5, 0.6) is 0 Å². The highest BCUT2D eigenvalue weighted by Crippen LogP contribution is 2.29. The molecule has 39 heavy (non-hydrogen) atoms. The van der Waals surface area contributed by atoms with Gasteiger partial charge in [-0.15, -0.1) is 0 Å². The van der Waals surface area contributed by atoms with E-state index in [4.69, 9.17) is 21.3 Å². The quantitative estimate of drug-likeness (QED) is 0.315. The summed E-state index contributed by atoms with van der Waals surface area (Å²) in [6.07, 6.45) is 1.27. The van der Waals surface area contributed by atoms with Crippen molar-refractivity contribution in [2.75, 3.05) is 29.9 Å². The molecule has 8 nitrogen and oxygen atoms in total. The first-order valence-electron chi connectivity index (χ1n) is 13.0. The summed E-state index contributed by atoms with van der Waals surface area (Å²) >= 11 is 8.69. The molecule has 208 valence electrons. The van der Waals surface area contributed by atoms with Crippen molar-refractivity contribution in [3.63, 3.8) is 0 Å². The van der Waals surface area contributed by atoms with Crippen molar-refractivity contribution in [3.05, 3.63) is 74.1 Å². The number of benzene rings is 2. The molecule has 2 aromatic carbocycles. The van der Waals surface area contributed by atoms with Crippen molar-refractivity contribution in [3.8, 4) is 0 Å². The van der Waals surface area contributed by atoms with Gasteiger partial charge in [-0.2, -0.15) is 0 Å². The Hall–Kier alpha value is -2.79. The number of aryl methyl sites for hydroxylation is 1. The Balaban J connectivity index is 1.68. The van der Waals surface area contributed by atoms with Crippen molar-refractivity contribution in [2.24, 2.45) is 0 Å². The number of amides is 2. The van der Waals surface area contributed by atoms with E-state index in [1.54, 1.807) is 11.9 Å². The van der Waals surface area contributed by atoms with E-state index in [2.05, 4.69) is 32.8 Å². The second kappa shape index (κ2) is 12.2. The molecule has 1 aliphatic rings. The molecule has 1 atom stereocenters. The van der Waals surface area contributed by atoms with Gasteiger partial charge in [0.05, 0.1) is 6.54 Å². The van der Waals surface area contributed by atoms with Crippen molar-refractivity contribution in [1.82, 2.24) is 14.9 Å². The number of carbonyl (C=O) groups is 2. The first-order valence-corrected chi connectivity index (χ1v) is 14.5. The lowest BCUT2D eigenvalue weighted by atomic mass is 10.1. The maximum absolute atomic E-state index is 13.9. The summed E-state index contributed by atoms with van der Waals surface area (Å²) < 4.78 is 8.03. The summed E-state index contributed by atoms with van der Waals surface area (Å²) in [5.74, 6) is 0.519. The standard InChI is InChI=1S/C29H35ClIN5O3/c1-19-12-14-22(15-13-19)34(5)26(37)24-25(31)33-27(36(24)17-20-9-6-7-11-23(20)30)35-16-8-10-21(18-35)32-28(38)39-29(2,3)4/h6-7,9,11-15,21H,8,10,16-18H2,1-5H3,(H,32,38)/t21-/m1/s1. The monoisotopic (exact) mass is 663 g/mol. The summed E-state index contributed by atoms with van der Waals surface area (Å²) in [4.78, 5) is 35.0. The number of piperidine rings is 1. The number of nitrogens with one attached hydrogen (secondary N) is 1. The molecule has 1 aromatic heterocycles. The van der Waals surface area contributed by atoms with E-state index in [-0.39, 0.29) is 11.9 Å². The van der Waals surface area contributed by atoms with Gasteiger partial charge in [-0.1, -0.05) is 47.5 Å². The third-order valence-electron chi connectivity index (χ3n) is 6.54. The fraction of sp³-hybridized carbons (Fsp3) is 0.414. The van der Waals surface area contributed by atoms with Crippen LogP contribution in [-0.4, -0.2) is 53.3 Å². The molecular formula is C29H35ClIN5O3. The molecule has 0 spiro atoms. The van der Waals surface area contributed by atoms with E-state index in [9.17, 15) is 9.59 Å². The number of aromatic nitrogens is 2. The molecule has 0 bridgehead atoms. The molecule has 3 aromatic rings. The maximum Gasteiger partial charge on any atom is 0.407 e. The largest absolute Gasteiger partial charge is 0.444 e. The minimum absolute atomic E-state index is 0.105. The van der Waals surface area contributed by atoms with Crippen molar-refractivity contribution in [1.29, 1.82) is 0 Å². The van der Waals surface area contributed by atoms with Gasteiger partial charge in [-0.05, 0) is 86.9 Å². The lowest BCUT2D eigenvalue weighted by Gasteiger charge is -2.34. The van der Waals surface area contributed by atoms with Crippen LogP contribution in [0.1, 0.15) is 55.2 Å². The SMILES string of the molecule is Cc1ccc(N(C)C(=O)c2c(I)nc(N3CCC[C@@H](NC(=O)OC(C)(C)C)C3)n2Cc2ccccc2Cl)cc1. The number of hydrogen-bond acceptors (Lipinski definition) is 5.